The Morgan fingerprint density at radius 1 is 1.33 bits per heavy atom. The highest BCUT2D eigenvalue weighted by atomic mass is 35.5. The standard InChI is InChI=1S/C10H8ClF3S/c11-5-3-1-2-4-8-6-15-7-9(8)10(12,13)14/h6-7H,1,3,5H2. The van der Waals surface area contributed by atoms with E-state index in [2.05, 4.69) is 11.8 Å². The van der Waals surface area contributed by atoms with E-state index in [1.54, 1.807) is 0 Å². The molecule has 1 aromatic rings. The van der Waals surface area contributed by atoms with E-state index in [4.69, 9.17) is 11.6 Å². The molecule has 82 valence electrons. The van der Waals surface area contributed by atoms with Crippen LogP contribution in [0, 0.1) is 11.8 Å². The third-order valence-corrected chi connectivity index (χ3v) is 2.64. The van der Waals surface area contributed by atoms with Crippen molar-refractivity contribution in [2.45, 2.75) is 19.0 Å². The molecule has 0 bridgehead atoms. The van der Waals surface area contributed by atoms with Crippen molar-refractivity contribution in [2.75, 3.05) is 5.88 Å². The first-order chi connectivity index (χ1) is 7.05. The zero-order valence-corrected chi connectivity index (χ0v) is 9.27. The summed E-state index contributed by atoms with van der Waals surface area (Å²) in [6.45, 7) is 0. The van der Waals surface area contributed by atoms with Gasteiger partial charge in [0.05, 0.1) is 5.56 Å². The molecule has 0 spiro atoms. The van der Waals surface area contributed by atoms with E-state index in [-0.39, 0.29) is 5.56 Å². The molecule has 0 aliphatic heterocycles. The van der Waals surface area contributed by atoms with E-state index >= 15 is 0 Å². The fourth-order valence-electron chi connectivity index (χ4n) is 0.926. The summed E-state index contributed by atoms with van der Waals surface area (Å²) in [6, 6.07) is 0. The first kappa shape index (κ1) is 12.4. The Labute approximate surface area is 95.1 Å². The van der Waals surface area contributed by atoms with Crippen molar-refractivity contribution < 1.29 is 13.2 Å². The molecular weight excluding hydrogens is 245 g/mol. The molecule has 0 aliphatic rings. The van der Waals surface area contributed by atoms with Gasteiger partial charge in [-0.25, -0.2) is 0 Å². The minimum Gasteiger partial charge on any atom is -0.166 e. The predicted octanol–water partition coefficient (Wildman–Crippen LogP) is 4.14. The Hall–Kier alpha value is -0.660. The molecule has 0 aliphatic carbocycles. The number of unbranched alkanes of at least 4 members (excludes halogenated alkanes) is 1. The van der Waals surface area contributed by atoms with Crippen molar-refractivity contribution >= 4 is 22.9 Å². The molecule has 0 N–H and O–H groups in total. The van der Waals surface area contributed by atoms with E-state index in [1.165, 1.54) is 5.38 Å². The molecule has 0 saturated carbocycles. The summed E-state index contributed by atoms with van der Waals surface area (Å²) in [5.41, 5.74) is -0.590. The molecule has 0 unspecified atom stereocenters. The summed E-state index contributed by atoms with van der Waals surface area (Å²) in [7, 11) is 0. The lowest BCUT2D eigenvalue weighted by Crippen LogP contribution is -2.04. The smallest absolute Gasteiger partial charge is 0.166 e. The fourth-order valence-corrected chi connectivity index (χ4v) is 1.85. The summed E-state index contributed by atoms with van der Waals surface area (Å²) in [5, 5.41) is 2.49. The maximum Gasteiger partial charge on any atom is 0.418 e. The third-order valence-electron chi connectivity index (χ3n) is 1.63. The Balaban J connectivity index is 2.76. The van der Waals surface area contributed by atoms with Crippen LogP contribution in [0.3, 0.4) is 0 Å². The Bertz CT molecular complexity index is 370. The number of rotatable bonds is 2. The van der Waals surface area contributed by atoms with Gasteiger partial charge in [-0.1, -0.05) is 11.8 Å². The molecule has 1 aromatic heterocycles. The van der Waals surface area contributed by atoms with Crippen molar-refractivity contribution in [3.05, 3.63) is 21.9 Å². The third kappa shape index (κ3) is 3.77. The summed E-state index contributed by atoms with van der Waals surface area (Å²) in [4.78, 5) is 0. The zero-order chi connectivity index (χ0) is 11.3. The van der Waals surface area contributed by atoms with Crippen molar-refractivity contribution in [3.63, 3.8) is 0 Å². The van der Waals surface area contributed by atoms with Gasteiger partial charge in [0.25, 0.3) is 0 Å². The molecule has 1 heterocycles. The highest BCUT2D eigenvalue weighted by molar-refractivity contribution is 7.08. The summed E-state index contributed by atoms with van der Waals surface area (Å²) < 4.78 is 37.1. The fraction of sp³-hybridized carbons (Fsp3) is 0.400. The van der Waals surface area contributed by atoms with Crippen LogP contribution in [0.25, 0.3) is 0 Å². The second-order valence-electron chi connectivity index (χ2n) is 2.79. The molecule has 0 radical (unpaired) electrons. The number of alkyl halides is 4. The first-order valence-corrected chi connectivity index (χ1v) is 5.71. The quantitative estimate of drug-likeness (QED) is 0.422. The number of thiophene rings is 1. The van der Waals surface area contributed by atoms with Crippen LogP contribution in [0.1, 0.15) is 24.0 Å². The Kier molecular flexibility index (Phi) is 4.49. The van der Waals surface area contributed by atoms with E-state index in [1.807, 2.05) is 0 Å². The van der Waals surface area contributed by atoms with Gasteiger partial charge in [0.2, 0.25) is 0 Å². The second kappa shape index (κ2) is 5.43. The van der Waals surface area contributed by atoms with E-state index in [0.717, 1.165) is 16.7 Å². The lowest BCUT2D eigenvalue weighted by Gasteiger charge is -2.03. The largest absolute Gasteiger partial charge is 0.418 e. The van der Waals surface area contributed by atoms with Crippen molar-refractivity contribution in [1.82, 2.24) is 0 Å². The van der Waals surface area contributed by atoms with E-state index < -0.39 is 11.7 Å². The number of hydrogen-bond acceptors (Lipinski definition) is 1. The molecule has 0 nitrogen and oxygen atoms in total. The van der Waals surface area contributed by atoms with Crippen LogP contribution < -0.4 is 0 Å². The van der Waals surface area contributed by atoms with Gasteiger partial charge < -0.3 is 0 Å². The lowest BCUT2D eigenvalue weighted by atomic mass is 10.2. The monoisotopic (exact) mass is 252 g/mol. The van der Waals surface area contributed by atoms with E-state index in [9.17, 15) is 13.2 Å². The van der Waals surface area contributed by atoms with Gasteiger partial charge >= 0.3 is 6.18 Å². The van der Waals surface area contributed by atoms with Gasteiger partial charge in [-0.05, 0) is 6.42 Å². The molecule has 0 aromatic carbocycles. The molecular formula is C10H8ClF3S. The van der Waals surface area contributed by atoms with Gasteiger partial charge in [-0.2, -0.15) is 24.5 Å². The highest BCUT2D eigenvalue weighted by Gasteiger charge is 2.33. The highest BCUT2D eigenvalue weighted by Crippen LogP contribution is 2.33. The average Bonchev–Trinajstić information content (AvgIpc) is 2.59. The van der Waals surface area contributed by atoms with Crippen LogP contribution in [-0.2, 0) is 6.18 Å². The van der Waals surface area contributed by atoms with Crippen LogP contribution in [0.2, 0.25) is 0 Å². The minimum absolute atomic E-state index is 0.0575. The molecule has 0 saturated heterocycles. The van der Waals surface area contributed by atoms with Gasteiger partial charge in [-0.3, -0.25) is 0 Å². The van der Waals surface area contributed by atoms with Crippen molar-refractivity contribution in [3.8, 4) is 11.8 Å². The maximum absolute atomic E-state index is 12.4. The SMILES string of the molecule is FC(F)(F)c1cscc1C#CCCCCl. The van der Waals surface area contributed by atoms with Crippen molar-refractivity contribution in [1.29, 1.82) is 0 Å². The predicted molar refractivity (Wildman–Crippen MR) is 56.2 cm³/mol. The maximum atomic E-state index is 12.4. The first-order valence-electron chi connectivity index (χ1n) is 4.24. The van der Waals surface area contributed by atoms with Gasteiger partial charge in [-0.15, -0.1) is 11.6 Å². The van der Waals surface area contributed by atoms with Gasteiger partial charge in [0.1, 0.15) is 0 Å². The van der Waals surface area contributed by atoms with Crippen LogP contribution in [0.5, 0.6) is 0 Å². The molecule has 0 amide bonds. The minimum atomic E-state index is -4.31. The molecule has 0 fully saturated rings. The summed E-state index contributed by atoms with van der Waals surface area (Å²) >= 11 is 6.43. The number of hydrogen-bond donors (Lipinski definition) is 0. The Morgan fingerprint density at radius 3 is 2.67 bits per heavy atom. The molecule has 15 heavy (non-hydrogen) atoms. The van der Waals surface area contributed by atoms with Gasteiger partial charge in [0.15, 0.2) is 0 Å². The Morgan fingerprint density at radius 2 is 2.07 bits per heavy atom. The summed E-state index contributed by atoms with van der Waals surface area (Å²) in [6.07, 6.45) is -3.09. The topological polar surface area (TPSA) is 0 Å². The molecule has 1 rings (SSSR count). The summed E-state index contributed by atoms with van der Waals surface area (Å²) in [5.74, 6) is 5.67. The van der Waals surface area contributed by atoms with Crippen LogP contribution >= 0.6 is 22.9 Å². The molecule has 5 heteroatoms. The van der Waals surface area contributed by atoms with Crippen LogP contribution in [0.4, 0.5) is 13.2 Å². The van der Waals surface area contributed by atoms with Crippen molar-refractivity contribution in [2.24, 2.45) is 0 Å². The second-order valence-corrected chi connectivity index (χ2v) is 3.91. The van der Waals surface area contributed by atoms with E-state index in [0.29, 0.717) is 18.7 Å². The normalized spacial score (nSPS) is 10.9. The van der Waals surface area contributed by atoms with Crippen LogP contribution in [-0.4, -0.2) is 5.88 Å². The van der Waals surface area contributed by atoms with Crippen LogP contribution in [0.15, 0.2) is 10.8 Å². The van der Waals surface area contributed by atoms with Gasteiger partial charge in [0, 0.05) is 28.6 Å². The number of halogens is 4. The lowest BCUT2D eigenvalue weighted by molar-refractivity contribution is -0.137. The average molecular weight is 253 g/mol. The molecule has 0 atom stereocenters. The zero-order valence-electron chi connectivity index (χ0n) is 7.70.